The van der Waals surface area contributed by atoms with Crippen molar-refractivity contribution >= 4 is 28.2 Å². The fourth-order valence-corrected chi connectivity index (χ4v) is 5.44. The molecule has 1 fully saturated rings. The molecular formula is C31H35N7O3. The van der Waals surface area contributed by atoms with Crippen molar-refractivity contribution in [1.82, 2.24) is 34.2 Å². The van der Waals surface area contributed by atoms with Gasteiger partial charge in [-0.05, 0) is 83.4 Å². The van der Waals surface area contributed by atoms with Crippen LogP contribution >= 0.6 is 0 Å². The minimum absolute atomic E-state index is 0.0213. The van der Waals surface area contributed by atoms with Gasteiger partial charge in [0.1, 0.15) is 29.1 Å². The summed E-state index contributed by atoms with van der Waals surface area (Å²) in [4.78, 5) is 28.2. The molecule has 0 unspecified atom stereocenters. The van der Waals surface area contributed by atoms with E-state index < -0.39 is 5.60 Å². The van der Waals surface area contributed by atoms with Gasteiger partial charge in [0.05, 0.1) is 34.5 Å². The molecule has 212 valence electrons. The molecule has 0 saturated carbocycles. The second kappa shape index (κ2) is 10.2. The molecule has 0 N–H and O–H groups in total. The Labute approximate surface area is 238 Å². The van der Waals surface area contributed by atoms with Gasteiger partial charge in [0.2, 0.25) is 0 Å². The van der Waals surface area contributed by atoms with E-state index in [-0.39, 0.29) is 12.1 Å². The molecule has 1 atom stereocenters. The number of imidazole rings is 1. The van der Waals surface area contributed by atoms with Crippen LogP contribution in [-0.4, -0.2) is 59.0 Å². The van der Waals surface area contributed by atoms with E-state index in [1.54, 1.807) is 17.6 Å². The number of likely N-dealkylation sites (tertiary alicyclic amines) is 1. The summed E-state index contributed by atoms with van der Waals surface area (Å²) in [5.74, 6) is 1.50. The number of piperidine rings is 1. The highest BCUT2D eigenvalue weighted by Crippen LogP contribution is 2.36. The smallest absolute Gasteiger partial charge is 0.410 e. The molecule has 10 nitrogen and oxygen atoms in total. The van der Waals surface area contributed by atoms with Crippen molar-refractivity contribution < 1.29 is 14.3 Å². The van der Waals surface area contributed by atoms with Crippen LogP contribution in [0.25, 0.3) is 33.3 Å². The Morgan fingerprint density at radius 2 is 1.88 bits per heavy atom. The number of hydrogen-bond acceptors (Lipinski definition) is 7. The molecule has 6 rings (SSSR count). The molecule has 2 aromatic carbocycles. The highest BCUT2D eigenvalue weighted by atomic mass is 16.6. The maximum absolute atomic E-state index is 12.8. The largest absolute Gasteiger partial charge is 0.457 e. The monoisotopic (exact) mass is 553 g/mol. The molecule has 1 aliphatic rings. The van der Waals surface area contributed by atoms with Crippen molar-refractivity contribution in [3.8, 4) is 22.8 Å². The number of rotatable bonds is 4. The lowest BCUT2D eigenvalue weighted by molar-refractivity contribution is 0.0169. The van der Waals surface area contributed by atoms with Crippen molar-refractivity contribution in [3.63, 3.8) is 0 Å². The van der Waals surface area contributed by atoms with Crippen molar-refractivity contribution in [2.75, 3.05) is 13.1 Å². The Kier molecular flexibility index (Phi) is 6.63. The van der Waals surface area contributed by atoms with Crippen LogP contribution in [0.5, 0.6) is 11.5 Å². The molecule has 0 aliphatic carbocycles. The number of carbonyl (C=O) groups is 1. The van der Waals surface area contributed by atoms with Crippen LogP contribution in [0.3, 0.4) is 0 Å². The Morgan fingerprint density at radius 3 is 2.66 bits per heavy atom. The second-order valence-electron chi connectivity index (χ2n) is 11.8. The van der Waals surface area contributed by atoms with Crippen LogP contribution in [0, 0.1) is 13.8 Å². The Bertz CT molecular complexity index is 1770. The lowest BCUT2D eigenvalue weighted by atomic mass is 10.0. The third-order valence-corrected chi connectivity index (χ3v) is 7.45. The van der Waals surface area contributed by atoms with Crippen LogP contribution in [0.2, 0.25) is 0 Å². The fraction of sp³-hybridized carbons (Fsp3) is 0.387. The molecule has 10 heteroatoms. The zero-order valence-corrected chi connectivity index (χ0v) is 24.4. The van der Waals surface area contributed by atoms with Crippen molar-refractivity contribution in [2.45, 2.75) is 59.1 Å². The van der Waals surface area contributed by atoms with Gasteiger partial charge in [0, 0.05) is 31.8 Å². The van der Waals surface area contributed by atoms with Gasteiger partial charge in [-0.2, -0.15) is 5.10 Å². The van der Waals surface area contributed by atoms with Crippen LogP contribution in [0.15, 0.2) is 49.1 Å². The minimum Gasteiger partial charge on any atom is -0.457 e. The van der Waals surface area contributed by atoms with E-state index in [4.69, 9.17) is 14.6 Å². The highest BCUT2D eigenvalue weighted by molar-refractivity contribution is 5.93. The number of aromatic nitrogens is 6. The Hall–Kier alpha value is -4.47. The molecule has 5 aromatic rings. The molecule has 41 heavy (non-hydrogen) atoms. The van der Waals surface area contributed by atoms with Crippen molar-refractivity contribution in [1.29, 1.82) is 0 Å². The van der Waals surface area contributed by atoms with Crippen LogP contribution in [-0.2, 0) is 11.8 Å². The van der Waals surface area contributed by atoms with E-state index >= 15 is 0 Å². The quantitative estimate of drug-likeness (QED) is 0.255. The first kappa shape index (κ1) is 26.7. The van der Waals surface area contributed by atoms with E-state index in [0.717, 1.165) is 68.9 Å². The van der Waals surface area contributed by atoms with Gasteiger partial charge in [0.15, 0.2) is 5.65 Å². The normalized spacial score (nSPS) is 16.0. The maximum Gasteiger partial charge on any atom is 0.410 e. The number of benzene rings is 2. The summed E-state index contributed by atoms with van der Waals surface area (Å²) in [6.45, 7) is 10.8. The number of fused-ring (bicyclic) bond motifs is 2. The van der Waals surface area contributed by atoms with E-state index in [0.29, 0.717) is 13.1 Å². The molecule has 1 aliphatic heterocycles. The zero-order chi connectivity index (χ0) is 28.9. The molecular weight excluding hydrogens is 518 g/mol. The lowest BCUT2D eigenvalue weighted by Crippen LogP contribution is -2.43. The number of carbonyl (C=O) groups excluding carboxylic acids is 1. The Balaban J connectivity index is 1.31. The Morgan fingerprint density at radius 1 is 1.05 bits per heavy atom. The topological polar surface area (TPSA) is 100 Å². The van der Waals surface area contributed by atoms with Crippen LogP contribution in [0.4, 0.5) is 4.79 Å². The number of amides is 1. The maximum atomic E-state index is 12.8. The summed E-state index contributed by atoms with van der Waals surface area (Å²) in [7, 11) is 1.97. The highest BCUT2D eigenvalue weighted by Gasteiger charge is 2.31. The van der Waals surface area contributed by atoms with Gasteiger partial charge in [-0.3, -0.25) is 0 Å². The third kappa shape index (κ3) is 5.21. The van der Waals surface area contributed by atoms with Gasteiger partial charge in [-0.25, -0.2) is 24.4 Å². The van der Waals surface area contributed by atoms with Gasteiger partial charge in [0.25, 0.3) is 0 Å². The van der Waals surface area contributed by atoms with Crippen LogP contribution in [0.1, 0.15) is 50.9 Å². The number of hydrogen-bond donors (Lipinski definition) is 0. The fourth-order valence-electron chi connectivity index (χ4n) is 5.44. The van der Waals surface area contributed by atoms with Crippen molar-refractivity contribution in [3.05, 3.63) is 60.3 Å². The molecule has 0 radical (unpaired) electrons. The number of aryl methyl sites for hydroxylation is 3. The average molecular weight is 554 g/mol. The van der Waals surface area contributed by atoms with E-state index in [1.165, 1.54) is 0 Å². The molecule has 0 bridgehead atoms. The predicted octanol–water partition coefficient (Wildman–Crippen LogP) is 6.36. The first-order valence-electron chi connectivity index (χ1n) is 13.9. The van der Waals surface area contributed by atoms with Gasteiger partial charge in [-0.1, -0.05) is 0 Å². The number of ether oxygens (including phenoxy) is 2. The standard InChI is InChI=1S/C31H35N7O3/c1-19-14-21(9-12-26(19)40-23-10-11-25-24(15-23)34-18-36(25)6)28-27-20(2)32-17-33-29(27)38(35-28)22-8-7-13-37(16-22)30(39)41-31(3,4)5/h9-12,14-15,17-18,22H,7-8,13,16H2,1-6H3/t22-/m1/s1. The SMILES string of the molecule is Cc1cc(-c2nn([C@@H]3CCCN(C(=O)OC(C)(C)C)C3)c3ncnc(C)c23)ccc1Oc1ccc2c(c1)ncn2C. The van der Waals surface area contributed by atoms with Gasteiger partial charge >= 0.3 is 6.09 Å². The van der Waals surface area contributed by atoms with Gasteiger partial charge in [-0.15, -0.1) is 0 Å². The second-order valence-corrected chi connectivity index (χ2v) is 11.8. The summed E-state index contributed by atoms with van der Waals surface area (Å²) < 4.78 is 15.8. The molecule has 1 saturated heterocycles. The summed E-state index contributed by atoms with van der Waals surface area (Å²) >= 11 is 0. The third-order valence-electron chi connectivity index (χ3n) is 7.45. The van der Waals surface area contributed by atoms with Gasteiger partial charge < -0.3 is 18.9 Å². The van der Waals surface area contributed by atoms with E-state index in [1.807, 2.05) is 81.2 Å². The first-order valence-corrected chi connectivity index (χ1v) is 13.9. The summed E-state index contributed by atoms with van der Waals surface area (Å²) in [5, 5.41) is 6.00. The van der Waals surface area contributed by atoms with E-state index in [2.05, 4.69) is 21.0 Å². The lowest BCUT2D eigenvalue weighted by Gasteiger charge is -2.34. The zero-order valence-electron chi connectivity index (χ0n) is 24.4. The number of nitrogens with zero attached hydrogens (tertiary/aromatic N) is 7. The minimum atomic E-state index is -0.543. The molecule has 3 aromatic heterocycles. The molecule has 0 spiro atoms. The summed E-state index contributed by atoms with van der Waals surface area (Å²) in [6.07, 6.45) is 4.84. The molecule has 4 heterocycles. The summed E-state index contributed by atoms with van der Waals surface area (Å²) in [5.41, 5.74) is 5.78. The predicted molar refractivity (Wildman–Crippen MR) is 157 cm³/mol. The summed E-state index contributed by atoms with van der Waals surface area (Å²) in [6, 6.07) is 12.0. The first-order chi connectivity index (χ1) is 19.6. The van der Waals surface area contributed by atoms with Crippen molar-refractivity contribution in [2.24, 2.45) is 7.05 Å². The van der Waals surface area contributed by atoms with E-state index in [9.17, 15) is 4.79 Å². The molecule has 1 amide bonds. The average Bonchev–Trinajstić information content (AvgIpc) is 3.50. The van der Waals surface area contributed by atoms with Crippen LogP contribution < -0.4 is 4.74 Å².